The fourth-order valence-electron chi connectivity index (χ4n) is 2.07. The minimum absolute atomic E-state index is 0.104. The molecular weight excluding hydrogens is 232 g/mol. The van der Waals surface area contributed by atoms with Crippen LogP contribution in [0.3, 0.4) is 0 Å². The van der Waals surface area contributed by atoms with Gasteiger partial charge in [0, 0.05) is 16.0 Å². The van der Waals surface area contributed by atoms with Crippen molar-refractivity contribution in [3.63, 3.8) is 0 Å². The zero-order valence-electron chi connectivity index (χ0n) is 10.8. The van der Waals surface area contributed by atoms with E-state index in [1.807, 2.05) is 13.8 Å². The maximum absolute atomic E-state index is 12.0. The van der Waals surface area contributed by atoms with Gasteiger partial charge in [-0.15, -0.1) is 11.3 Å². The summed E-state index contributed by atoms with van der Waals surface area (Å²) in [7, 11) is 0. The van der Waals surface area contributed by atoms with E-state index in [0.717, 1.165) is 42.4 Å². The topological polar surface area (TPSA) is 34.1 Å². The second-order valence-corrected chi connectivity index (χ2v) is 5.14. The third kappa shape index (κ3) is 3.03. The van der Waals surface area contributed by atoms with Crippen LogP contribution in [0.4, 0.5) is 0 Å². The van der Waals surface area contributed by atoms with Crippen molar-refractivity contribution in [2.24, 2.45) is 0 Å². The SMILES string of the molecule is CC.Cc1c(C=O)sc2c(c1=O)CCCCC2. The largest absolute Gasteiger partial charge is 0.297 e. The Morgan fingerprint density at radius 1 is 1.12 bits per heavy atom. The van der Waals surface area contributed by atoms with Crippen LogP contribution in [0.15, 0.2) is 4.79 Å². The number of aldehydes is 1. The molecule has 0 bridgehead atoms. The second-order valence-electron chi connectivity index (χ2n) is 4.00. The van der Waals surface area contributed by atoms with Crippen LogP contribution >= 0.6 is 11.3 Å². The van der Waals surface area contributed by atoms with Crippen molar-refractivity contribution < 1.29 is 4.79 Å². The molecule has 1 aromatic heterocycles. The van der Waals surface area contributed by atoms with Gasteiger partial charge in [-0.1, -0.05) is 20.3 Å². The van der Waals surface area contributed by atoms with E-state index >= 15 is 0 Å². The van der Waals surface area contributed by atoms with E-state index in [0.29, 0.717) is 10.4 Å². The number of hydrogen-bond acceptors (Lipinski definition) is 3. The minimum Gasteiger partial charge on any atom is -0.297 e. The van der Waals surface area contributed by atoms with Crippen molar-refractivity contribution >= 4 is 17.6 Å². The van der Waals surface area contributed by atoms with Gasteiger partial charge in [-0.05, 0) is 32.6 Å². The molecule has 0 radical (unpaired) electrons. The monoisotopic (exact) mass is 252 g/mol. The van der Waals surface area contributed by atoms with Gasteiger partial charge in [-0.3, -0.25) is 9.59 Å². The molecule has 1 aliphatic rings. The van der Waals surface area contributed by atoms with Crippen molar-refractivity contribution in [1.29, 1.82) is 0 Å². The fourth-order valence-corrected chi connectivity index (χ4v) is 3.19. The molecule has 94 valence electrons. The van der Waals surface area contributed by atoms with Crippen molar-refractivity contribution in [2.45, 2.75) is 52.9 Å². The summed E-state index contributed by atoms with van der Waals surface area (Å²) in [5.74, 6) is 0. The predicted octanol–water partition coefficient (Wildman–Crippen LogP) is 3.52. The molecule has 0 saturated carbocycles. The van der Waals surface area contributed by atoms with Gasteiger partial charge < -0.3 is 0 Å². The smallest absolute Gasteiger partial charge is 0.187 e. The highest BCUT2D eigenvalue weighted by Crippen LogP contribution is 2.24. The molecule has 0 spiro atoms. The molecule has 2 nitrogen and oxygen atoms in total. The molecule has 1 aliphatic carbocycles. The molecule has 2 rings (SSSR count). The molecule has 1 aromatic rings. The van der Waals surface area contributed by atoms with Crippen LogP contribution < -0.4 is 5.43 Å². The Morgan fingerprint density at radius 2 is 1.76 bits per heavy atom. The third-order valence-corrected chi connectivity index (χ3v) is 4.31. The Labute approximate surface area is 107 Å². The van der Waals surface area contributed by atoms with Crippen molar-refractivity contribution in [3.8, 4) is 0 Å². The minimum atomic E-state index is 0.104. The first-order chi connectivity index (χ1) is 8.24. The Kier molecular flexibility index (Phi) is 5.56. The number of carbonyl (C=O) groups is 1. The quantitative estimate of drug-likeness (QED) is 0.566. The van der Waals surface area contributed by atoms with Crippen LogP contribution in [0.1, 0.15) is 58.8 Å². The van der Waals surface area contributed by atoms with Crippen molar-refractivity contribution in [1.82, 2.24) is 0 Å². The van der Waals surface area contributed by atoms with Gasteiger partial charge in [0.05, 0.1) is 4.88 Å². The summed E-state index contributed by atoms with van der Waals surface area (Å²) in [6.07, 6.45) is 6.11. The molecule has 0 unspecified atom stereocenters. The Balaban J connectivity index is 0.000000686. The van der Waals surface area contributed by atoms with E-state index in [1.54, 1.807) is 6.92 Å². The van der Waals surface area contributed by atoms with Crippen LogP contribution in [-0.2, 0) is 12.8 Å². The number of aryl methyl sites for hydroxylation is 1. The lowest BCUT2D eigenvalue weighted by atomic mass is 10.1. The Bertz CT molecular complexity index is 446. The summed E-state index contributed by atoms with van der Waals surface area (Å²) in [5.41, 5.74) is 1.71. The van der Waals surface area contributed by atoms with E-state index < -0.39 is 0 Å². The first-order valence-electron chi connectivity index (χ1n) is 6.34. The molecule has 3 heteroatoms. The van der Waals surface area contributed by atoms with Gasteiger partial charge in [0.25, 0.3) is 0 Å². The highest BCUT2D eigenvalue weighted by Gasteiger charge is 2.16. The highest BCUT2D eigenvalue weighted by molar-refractivity contribution is 7.13. The zero-order chi connectivity index (χ0) is 12.8. The molecule has 0 saturated heterocycles. The third-order valence-electron chi connectivity index (χ3n) is 2.99. The molecule has 1 heterocycles. The molecular formula is C14H20O2S. The molecule has 0 N–H and O–H groups in total. The molecule has 0 amide bonds. The number of rotatable bonds is 1. The lowest BCUT2D eigenvalue weighted by molar-refractivity contribution is 0.112. The van der Waals surface area contributed by atoms with Crippen molar-refractivity contribution in [2.75, 3.05) is 0 Å². The molecule has 0 fully saturated rings. The lowest BCUT2D eigenvalue weighted by Crippen LogP contribution is -2.15. The van der Waals surface area contributed by atoms with E-state index in [2.05, 4.69) is 0 Å². The highest BCUT2D eigenvalue weighted by atomic mass is 32.1. The van der Waals surface area contributed by atoms with Gasteiger partial charge >= 0.3 is 0 Å². The number of carbonyl (C=O) groups excluding carboxylic acids is 1. The zero-order valence-corrected chi connectivity index (χ0v) is 11.7. The van der Waals surface area contributed by atoms with Crippen LogP contribution in [0, 0.1) is 6.92 Å². The predicted molar refractivity (Wildman–Crippen MR) is 73.3 cm³/mol. The Morgan fingerprint density at radius 3 is 2.41 bits per heavy atom. The number of fused-ring (bicyclic) bond motifs is 1. The number of hydrogen-bond donors (Lipinski definition) is 0. The van der Waals surface area contributed by atoms with E-state index in [-0.39, 0.29) is 5.43 Å². The molecule has 17 heavy (non-hydrogen) atoms. The summed E-state index contributed by atoms with van der Waals surface area (Å²) < 4.78 is 0. The van der Waals surface area contributed by atoms with E-state index in [1.165, 1.54) is 17.8 Å². The summed E-state index contributed by atoms with van der Waals surface area (Å²) in [6, 6.07) is 0. The summed E-state index contributed by atoms with van der Waals surface area (Å²) in [6.45, 7) is 5.76. The van der Waals surface area contributed by atoms with Crippen molar-refractivity contribution in [3.05, 3.63) is 31.1 Å². The van der Waals surface area contributed by atoms with Crippen LogP contribution in [0.2, 0.25) is 0 Å². The molecule has 0 atom stereocenters. The average molecular weight is 252 g/mol. The van der Waals surface area contributed by atoms with Gasteiger partial charge in [-0.2, -0.15) is 0 Å². The second kappa shape index (κ2) is 6.70. The maximum Gasteiger partial charge on any atom is 0.187 e. The first kappa shape index (κ1) is 14.1. The summed E-state index contributed by atoms with van der Waals surface area (Å²) >= 11 is 1.51. The molecule has 0 aliphatic heterocycles. The Hall–Kier alpha value is -0.960. The van der Waals surface area contributed by atoms with Gasteiger partial charge in [0.15, 0.2) is 11.7 Å². The lowest BCUT2D eigenvalue weighted by Gasteiger charge is -2.06. The fraction of sp³-hybridized carbons (Fsp3) is 0.571. The van der Waals surface area contributed by atoms with Crippen LogP contribution in [0.25, 0.3) is 0 Å². The van der Waals surface area contributed by atoms with Crippen LogP contribution in [0.5, 0.6) is 0 Å². The maximum atomic E-state index is 12.0. The first-order valence-corrected chi connectivity index (χ1v) is 7.16. The van der Waals surface area contributed by atoms with Gasteiger partial charge in [0.1, 0.15) is 0 Å². The summed E-state index contributed by atoms with van der Waals surface area (Å²) in [5, 5.41) is 0. The van der Waals surface area contributed by atoms with E-state index in [9.17, 15) is 9.59 Å². The standard InChI is InChI=1S/C12H14O2S.C2H6/c1-8-11(7-13)15-10-6-4-2-3-5-9(10)12(8)14;1-2/h7H,2-6H2,1H3;1-2H3. The van der Waals surface area contributed by atoms with E-state index in [4.69, 9.17) is 0 Å². The summed E-state index contributed by atoms with van der Waals surface area (Å²) in [4.78, 5) is 24.6. The van der Waals surface area contributed by atoms with Gasteiger partial charge in [-0.25, -0.2) is 0 Å². The van der Waals surface area contributed by atoms with Crippen LogP contribution in [-0.4, -0.2) is 6.29 Å². The molecule has 0 aromatic carbocycles. The average Bonchev–Trinajstić information content (AvgIpc) is 2.61. The normalized spacial score (nSPS) is 14.1. The van der Waals surface area contributed by atoms with Gasteiger partial charge in [0.2, 0.25) is 0 Å².